The summed E-state index contributed by atoms with van der Waals surface area (Å²) in [6.07, 6.45) is 4.98. The number of hydrogen-bond donors (Lipinski definition) is 0. The van der Waals surface area contributed by atoms with Crippen LogP contribution in [0.3, 0.4) is 0 Å². The molecule has 0 fully saturated rings. The van der Waals surface area contributed by atoms with Crippen molar-refractivity contribution in [3.8, 4) is 22.5 Å². The van der Waals surface area contributed by atoms with Crippen LogP contribution in [-0.4, -0.2) is 18.0 Å². The number of hydrogen-bond acceptors (Lipinski definition) is 3. The summed E-state index contributed by atoms with van der Waals surface area (Å²) < 4.78 is 6.40. The van der Waals surface area contributed by atoms with Crippen molar-refractivity contribution in [1.29, 1.82) is 0 Å². The van der Waals surface area contributed by atoms with E-state index in [2.05, 4.69) is 101 Å². The van der Waals surface area contributed by atoms with Crippen LogP contribution in [0.4, 0.5) is 0 Å². The number of benzene rings is 3. The fourth-order valence-corrected chi connectivity index (χ4v) is 6.63. The fourth-order valence-electron chi connectivity index (χ4n) is 5.13. The Morgan fingerprint density at radius 1 is 0.884 bits per heavy atom. The molecule has 0 N–H and O–H groups in total. The van der Waals surface area contributed by atoms with E-state index in [-0.39, 0.29) is 25.5 Å². The fraction of sp³-hybridized carbons (Fsp3) is 0.263. The zero-order valence-corrected chi connectivity index (χ0v) is 29.8. The topological polar surface area (TPSA) is 38.9 Å². The molecular weight excluding hydrogens is 721 g/mol. The van der Waals surface area contributed by atoms with Crippen molar-refractivity contribution < 1.29 is 24.5 Å². The zero-order valence-electron chi connectivity index (χ0n) is 26.4. The van der Waals surface area contributed by atoms with Crippen molar-refractivity contribution in [2.24, 2.45) is 0 Å². The number of fused-ring (bicyclic) bond motifs is 3. The molecule has 0 bridgehead atoms. The third-order valence-corrected chi connectivity index (χ3v) is 10.1. The average Bonchev–Trinajstić information content (AvgIpc) is 3.37. The Hall–Kier alpha value is -3.37. The number of pyridine rings is 2. The Balaban J connectivity index is 0.000000253. The van der Waals surface area contributed by atoms with Gasteiger partial charge in [0.15, 0.2) is 0 Å². The molecule has 0 aliphatic rings. The number of aryl methyl sites for hydroxylation is 2. The van der Waals surface area contributed by atoms with E-state index in [1.54, 1.807) is 0 Å². The quantitative estimate of drug-likeness (QED) is 0.130. The molecule has 0 amide bonds. The summed E-state index contributed by atoms with van der Waals surface area (Å²) in [5.41, 5.74) is 9.56. The van der Waals surface area contributed by atoms with E-state index < -0.39 is 8.07 Å². The van der Waals surface area contributed by atoms with Gasteiger partial charge in [-0.1, -0.05) is 93.3 Å². The molecule has 3 nitrogen and oxygen atoms in total. The number of nitrogens with zero attached hydrogens (tertiary/aromatic N) is 2. The van der Waals surface area contributed by atoms with Gasteiger partial charge in [0.1, 0.15) is 5.58 Å². The summed E-state index contributed by atoms with van der Waals surface area (Å²) in [6.45, 7) is 18.1. The van der Waals surface area contributed by atoms with Crippen LogP contribution < -0.4 is 5.19 Å². The number of furan rings is 1. The van der Waals surface area contributed by atoms with Gasteiger partial charge in [0, 0.05) is 46.0 Å². The van der Waals surface area contributed by atoms with E-state index in [1.165, 1.54) is 32.6 Å². The summed E-state index contributed by atoms with van der Waals surface area (Å²) in [7, 11) is -1.57. The van der Waals surface area contributed by atoms with Gasteiger partial charge in [-0.05, 0) is 54.3 Å². The molecule has 0 saturated heterocycles. The smallest absolute Gasteiger partial charge is 0.120 e. The average molecular weight is 761 g/mol. The second-order valence-electron chi connectivity index (χ2n) is 12.8. The minimum absolute atomic E-state index is 0. The normalized spacial score (nSPS) is 11.6. The van der Waals surface area contributed by atoms with Crippen molar-refractivity contribution >= 4 is 35.2 Å². The maximum atomic E-state index is 6.40. The molecule has 3 aromatic heterocycles. The first-order valence-electron chi connectivity index (χ1n) is 14.7. The largest absolute Gasteiger partial charge is 0.501 e. The molecule has 0 aliphatic heterocycles. The second kappa shape index (κ2) is 13.1. The second-order valence-corrected chi connectivity index (χ2v) is 17.8. The molecule has 6 rings (SSSR count). The number of para-hydroxylation sites is 1. The SMILES string of the molecule is CCC(C)(C)c1cnc(-c2[c-]cc([Si](C)(C)C)c3c2oc2ccccc23)c(C)c1.Cc1ccc(-c2[c-]cccc2)nc1.[Ir]. The monoisotopic (exact) mass is 761 g/mol. The zero-order chi connectivity index (χ0) is 30.1. The van der Waals surface area contributed by atoms with E-state index in [9.17, 15) is 0 Å². The first-order valence-corrected chi connectivity index (χ1v) is 18.2. The Labute approximate surface area is 271 Å². The van der Waals surface area contributed by atoms with Gasteiger partial charge in [-0.2, -0.15) is 0 Å². The van der Waals surface area contributed by atoms with Gasteiger partial charge in [-0.15, -0.1) is 53.2 Å². The van der Waals surface area contributed by atoms with Crippen LogP contribution in [0.1, 0.15) is 43.9 Å². The van der Waals surface area contributed by atoms with Gasteiger partial charge in [-0.25, -0.2) is 0 Å². The predicted molar refractivity (Wildman–Crippen MR) is 180 cm³/mol. The molecule has 0 aliphatic carbocycles. The van der Waals surface area contributed by atoms with Crippen LogP contribution in [0.2, 0.25) is 19.6 Å². The summed E-state index contributed by atoms with van der Waals surface area (Å²) in [5.74, 6) is 0. The summed E-state index contributed by atoms with van der Waals surface area (Å²) in [4.78, 5) is 9.21. The van der Waals surface area contributed by atoms with Gasteiger partial charge < -0.3 is 14.4 Å². The van der Waals surface area contributed by atoms with Crippen LogP contribution >= 0.6 is 0 Å². The maximum absolute atomic E-state index is 6.40. The van der Waals surface area contributed by atoms with E-state index in [4.69, 9.17) is 9.40 Å². The van der Waals surface area contributed by atoms with Crippen LogP contribution in [0.15, 0.2) is 89.6 Å². The molecule has 5 heteroatoms. The third kappa shape index (κ3) is 6.91. The minimum atomic E-state index is -1.57. The van der Waals surface area contributed by atoms with Crippen LogP contribution in [0.5, 0.6) is 0 Å². The first-order chi connectivity index (χ1) is 20.0. The molecule has 223 valence electrons. The molecule has 0 saturated carbocycles. The molecule has 6 aromatic rings. The first kappa shape index (κ1) is 32.5. The molecule has 1 radical (unpaired) electrons. The van der Waals surface area contributed by atoms with Crippen molar-refractivity contribution in [2.45, 2.75) is 66.1 Å². The molecule has 3 aromatic carbocycles. The van der Waals surface area contributed by atoms with Crippen molar-refractivity contribution in [1.82, 2.24) is 9.97 Å². The van der Waals surface area contributed by atoms with E-state index in [1.807, 2.05) is 55.7 Å². The van der Waals surface area contributed by atoms with Crippen molar-refractivity contribution in [3.63, 3.8) is 0 Å². The predicted octanol–water partition coefficient (Wildman–Crippen LogP) is 9.84. The van der Waals surface area contributed by atoms with E-state index in [0.29, 0.717) is 0 Å². The van der Waals surface area contributed by atoms with Gasteiger partial charge in [0.2, 0.25) is 0 Å². The van der Waals surface area contributed by atoms with Crippen molar-refractivity contribution in [2.75, 3.05) is 0 Å². The van der Waals surface area contributed by atoms with Gasteiger partial charge >= 0.3 is 0 Å². The Morgan fingerprint density at radius 2 is 1.63 bits per heavy atom. The van der Waals surface area contributed by atoms with E-state index in [0.717, 1.165) is 40.1 Å². The Bertz CT molecular complexity index is 1830. The third-order valence-electron chi connectivity index (χ3n) is 8.14. The standard InChI is InChI=1S/C26H30NOSi.C12H10N.Ir/c1-8-26(3,4)18-15-17(2)24(27-16-18)20-13-14-22(29(5,6)7)23-19-11-9-10-12-21(19)28-25(20)23;1-10-7-8-12(13-9-10)11-5-3-2-4-6-11;/h9-12,14-16H,8H2,1-7H3;2-5,7-9H,1H3;/q2*-1;. The maximum Gasteiger partial charge on any atom is 0.120 e. The molecule has 0 unspecified atom stereocenters. The van der Waals surface area contributed by atoms with Gasteiger partial charge in [-0.3, -0.25) is 0 Å². The minimum Gasteiger partial charge on any atom is -0.501 e. The van der Waals surface area contributed by atoms with Crippen LogP contribution in [0, 0.1) is 26.0 Å². The summed E-state index contributed by atoms with van der Waals surface area (Å²) in [6, 6.07) is 31.5. The number of aromatic nitrogens is 2. The van der Waals surface area contributed by atoms with Crippen LogP contribution in [0.25, 0.3) is 44.5 Å². The van der Waals surface area contributed by atoms with E-state index >= 15 is 0 Å². The molecule has 43 heavy (non-hydrogen) atoms. The molecule has 0 atom stereocenters. The molecule has 0 spiro atoms. The number of rotatable bonds is 5. The van der Waals surface area contributed by atoms with Crippen LogP contribution in [-0.2, 0) is 25.5 Å². The Kier molecular flexibility index (Phi) is 9.91. The van der Waals surface area contributed by atoms with Gasteiger partial charge in [0.05, 0.1) is 5.58 Å². The van der Waals surface area contributed by atoms with Gasteiger partial charge in [0.25, 0.3) is 0 Å². The molecule has 3 heterocycles. The molecular formula is C38H40IrN2OSi-2. The van der Waals surface area contributed by atoms with Crippen molar-refractivity contribution in [3.05, 3.63) is 114 Å². The summed E-state index contributed by atoms with van der Waals surface area (Å²) in [5, 5.41) is 3.83. The Morgan fingerprint density at radius 3 is 2.26 bits per heavy atom. The summed E-state index contributed by atoms with van der Waals surface area (Å²) >= 11 is 0.